The lowest BCUT2D eigenvalue weighted by Crippen LogP contribution is -2.39. The van der Waals surface area contributed by atoms with Gasteiger partial charge >= 0.3 is 0 Å². The van der Waals surface area contributed by atoms with Crippen molar-refractivity contribution in [1.82, 2.24) is 15.1 Å². The molecule has 3 heteroatoms. The summed E-state index contributed by atoms with van der Waals surface area (Å²) in [4.78, 5) is 5.14. The summed E-state index contributed by atoms with van der Waals surface area (Å²) in [6.45, 7) is 11.2. The molecule has 0 aromatic carbocycles. The lowest BCUT2D eigenvalue weighted by Gasteiger charge is -2.33. The molecule has 3 nitrogen and oxygen atoms in total. The molecule has 1 atom stereocenters. The molecule has 0 aromatic heterocycles. The highest BCUT2D eigenvalue weighted by atomic mass is 15.2. The highest BCUT2D eigenvalue weighted by Crippen LogP contribution is 2.18. The van der Waals surface area contributed by atoms with E-state index in [9.17, 15) is 0 Å². The molecule has 0 aromatic rings. The zero-order valence-electron chi connectivity index (χ0n) is 10.9. The average Bonchev–Trinajstić information content (AvgIpc) is 2.46. The first kappa shape index (κ1) is 12.3. The molecule has 2 rings (SSSR count). The molecule has 2 fully saturated rings. The Bertz CT molecular complexity index is 199. The van der Waals surface area contributed by atoms with Crippen LogP contribution in [0.5, 0.6) is 0 Å². The number of likely N-dealkylation sites (tertiary alicyclic amines) is 1. The Labute approximate surface area is 100 Å². The summed E-state index contributed by atoms with van der Waals surface area (Å²) in [7, 11) is 2.24. The van der Waals surface area contributed by atoms with Crippen molar-refractivity contribution in [3.05, 3.63) is 0 Å². The largest absolute Gasteiger partial charge is 0.315 e. The fourth-order valence-corrected chi connectivity index (χ4v) is 2.96. The van der Waals surface area contributed by atoms with Crippen LogP contribution < -0.4 is 5.32 Å². The maximum Gasteiger partial charge on any atom is 0.0107 e. The monoisotopic (exact) mass is 225 g/mol. The molecule has 0 amide bonds. The second-order valence-corrected chi connectivity index (χ2v) is 5.82. The number of hydrogen-bond acceptors (Lipinski definition) is 3. The van der Waals surface area contributed by atoms with Crippen LogP contribution in [0.1, 0.15) is 19.8 Å². The minimum absolute atomic E-state index is 0.814. The minimum Gasteiger partial charge on any atom is -0.315 e. The molecule has 0 radical (unpaired) electrons. The molecule has 2 heterocycles. The standard InChI is InChI=1S/C13H27N3/c1-12-9-14-5-8-16(10-12)11-13-3-6-15(2)7-4-13/h12-14H,3-11H2,1-2H3. The first-order valence-corrected chi connectivity index (χ1v) is 6.85. The van der Waals surface area contributed by atoms with Crippen LogP contribution in [0.4, 0.5) is 0 Å². The second kappa shape index (κ2) is 5.99. The van der Waals surface area contributed by atoms with Crippen LogP contribution in [-0.4, -0.2) is 62.7 Å². The Hall–Kier alpha value is -0.120. The van der Waals surface area contributed by atoms with Crippen molar-refractivity contribution in [3.8, 4) is 0 Å². The van der Waals surface area contributed by atoms with Crippen molar-refractivity contribution in [2.75, 3.05) is 52.9 Å². The summed E-state index contributed by atoms with van der Waals surface area (Å²) >= 11 is 0. The Kier molecular flexibility index (Phi) is 4.62. The third-order valence-electron chi connectivity index (χ3n) is 4.02. The predicted molar refractivity (Wildman–Crippen MR) is 68.7 cm³/mol. The van der Waals surface area contributed by atoms with E-state index in [1.54, 1.807) is 0 Å². The molecule has 0 saturated carbocycles. The van der Waals surface area contributed by atoms with E-state index in [0.29, 0.717) is 0 Å². The fourth-order valence-electron chi connectivity index (χ4n) is 2.96. The van der Waals surface area contributed by atoms with E-state index in [1.807, 2.05) is 0 Å². The van der Waals surface area contributed by atoms with Gasteiger partial charge in [-0.1, -0.05) is 6.92 Å². The Morgan fingerprint density at radius 3 is 2.69 bits per heavy atom. The number of nitrogens with zero attached hydrogens (tertiary/aromatic N) is 2. The minimum atomic E-state index is 0.814. The van der Waals surface area contributed by atoms with E-state index < -0.39 is 0 Å². The van der Waals surface area contributed by atoms with E-state index in [4.69, 9.17) is 0 Å². The normalized spacial score (nSPS) is 31.5. The van der Waals surface area contributed by atoms with Gasteiger partial charge in [0.1, 0.15) is 0 Å². The van der Waals surface area contributed by atoms with Gasteiger partial charge in [0.25, 0.3) is 0 Å². The molecule has 2 aliphatic heterocycles. The SMILES string of the molecule is CC1CNCCN(CC2CCN(C)CC2)C1. The summed E-state index contributed by atoms with van der Waals surface area (Å²) in [5.74, 6) is 1.76. The molecular formula is C13H27N3. The first-order valence-electron chi connectivity index (χ1n) is 6.85. The summed E-state index contributed by atoms with van der Waals surface area (Å²) in [5.41, 5.74) is 0. The van der Waals surface area contributed by atoms with Gasteiger partial charge in [0, 0.05) is 26.2 Å². The highest BCUT2D eigenvalue weighted by Gasteiger charge is 2.21. The van der Waals surface area contributed by atoms with E-state index in [0.717, 1.165) is 11.8 Å². The van der Waals surface area contributed by atoms with Crippen molar-refractivity contribution in [1.29, 1.82) is 0 Å². The molecule has 16 heavy (non-hydrogen) atoms. The van der Waals surface area contributed by atoms with Crippen molar-refractivity contribution >= 4 is 0 Å². The van der Waals surface area contributed by atoms with E-state index in [-0.39, 0.29) is 0 Å². The van der Waals surface area contributed by atoms with Gasteiger partial charge in [-0.2, -0.15) is 0 Å². The van der Waals surface area contributed by atoms with Crippen LogP contribution in [0.2, 0.25) is 0 Å². The van der Waals surface area contributed by atoms with Gasteiger partial charge in [-0.3, -0.25) is 0 Å². The molecule has 2 aliphatic rings. The topological polar surface area (TPSA) is 18.5 Å². The maximum atomic E-state index is 3.52. The van der Waals surface area contributed by atoms with Crippen molar-refractivity contribution < 1.29 is 0 Å². The number of piperidine rings is 1. The number of hydrogen-bond donors (Lipinski definition) is 1. The number of nitrogens with one attached hydrogen (secondary N) is 1. The summed E-state index contributed by atoms with van der Waals surface area (Å²) in [6, 6.07) is 0. The lowest BCUT2D eigenvalue weighted by molar-refractivity contribution is 0.158. The maximum absolute atomic E-state index is 3.52. The second-order valence-electron chi connectivity index (χ2n) is 5.82. The summed E-state index contributed by atoms with van der Waals surface area (Å²) in [5, 5.41) is 3.52. The average molecular weight is 225 g/mol. The van der Waals surface area contributed by atoms with Gasteiger partial charge in [-0.15, -0.1) is 0 Å². The Balaban J connectivity index is 1.75. The van der Waals surface area contributed by atoms with Gasteiger partial charge in [0.05, 0.1) is 0 Å². The predicted octanol–water partition coefficient (Wildman–Crippen LogP) is 0.870. The van der Waals surface area contributed by atoms with Gasteiger partial charge in [0.15, 0.2) is 0 Å². The van der Waals surface area contributed by atoms with Crippen molar-refractivity contribution in [2.24, 2.45) is 11.8 Å². The van der Waals surface area contributed by atoms with Crippen molar-refractivity contribution in [3.63, 3.8) is 0 Å². The van der Waals surface area contributed by atoms with Crippen LogP contribution in [0, 0.1) is 11.8 Å². The molecule has 2 saturated heterocycles. The molecule has 1 N–H and O–H groups in total. The zero-order chi connectivity index (χ0) is 11.4. The molecular weight excluding hydrogens is 198 g/mol. The number of rotatable bonds is 2. The van der Waals surface area contributed by atoms with Gasteiger partial charge in [-0.25, -0.2) is 0 Å². The van der Waals surface area contributed by atoms with Gasteiger partial charge in [0.2, 0.25) is 0 Å². The van der Waals surface area contributed by atoms with Crippen LogP contribution in [0.15, 0.2) is 0 Å². The van der Waals surface area contributed by atoms with E-state index in [1.165, 1.54) is 58.7 Å². The molecule has 1 unspecified atom stereocenters. The first-order chi connectivity index (χ1) is 7.74. The highest BCUT2D eigenvalue weighted by molar-refractivity contribution is 4.77. The van der Waals surface area contributed by atoms with Crippen LogP contribution in [-0.2, 0) is 0 Å². The van der Waals surface area contributed by atoms with Crippen LogP contribution >= 0.6 is 0 Å². The summed E-state index contributed by atoms with van der Waals surface area (Å²) < 4.78 is 0. The molecule has 0 aliphatic carbocycles. The van der Waals surface area contributed by atoms with Gasteiger partial charge < -0.3 is 15.1 Å². The molecule has 0 spiro atoms. The smallest absolute Gasteiger partial charge is 0.0107 e. The fraction of sp³-hybridized carbons (Fsp3) is 1.00. The van der Waals surface area contributed by atoms with E-state index >= 15 is 0 Å². The van der Waals surface area contributed by atoms with Crippen molar-refractivity contribution in [2.45, 2.75) is 19.8 Å². The Morgan fingerprint density at radius 2 is 1.94 bits per heavy atom. The van der Waals surface area contributed by atoms with Gasteiger partial charge in [-0.05, 0) is 51.4 Å². The quantitative estimate of drug-likeness (QED) is 0.752. The molecule has 94 valence electrons. The Morgan fingerprint density at radius 1 is 1.19 bits per heavy atom. The van der Waals surface area contributed by atoms with Crippen LogP contribution in [0.3, 0.4) is 0 Å². The summed E-state index contributed by atoms with van der Waals surface area (Å²) in [6.07, 6.45) is 2.80. The third kappa shape index (κ3) is 3.72. The lowest BCUT2D eigenvalue weighted by atomic mass is 9.96. The zero-order valence-corrected chi connectivity index (χ0v) is 10.9. The van der Waals surface area contributed by atoms with E-state index in [2.05, 4.69) is 29.1 Å². The molecule has 0 bridgehead atoms. The third-order valence-corrected chi connectivity index (χ3v) is 4.02. The van der Waals surface area contributed by atoms with Crippen LogP contribution in [0.25, 0.3) is 0 Å².